The standard InChI is InChI=1S/C17H18FN3O2S/c18-14-5-2-1-4-13(14)15-7-9-20(10-11-24-15)17(23)12-21-16(22)6-3-8-19-21/h1-6,8,15H,7,9-12H2/t15-/m0/s1. The highest BCUT2D eigenvalue weighted by Gasteiger charge is 2.24. The molecule has 2 aromatic rings. The molecule has 0 spiro atoms. The van der Waals surface area contributed by atoms with E-state index < -0.39 is 0 Å². The Balaban J connectivity index is 1.65. The largest absolute Gasteiger partial charge is 0.340 e. The maximum Gasteiger partial charge on any atom is 0.267 e. The molecule has 0 unspecified atom stereocenters. The fourth-order valence-electron chi connectivity index (χ4n) is 2.74. The van der Waals surface area contributed by atoms with Crippen LogP contribution < -0.4 is 5.56 Å². The van der Waals surface area contributed by atoms with E-state index in [-0.39, 0.29) is 29.1 Å². The number of benzene rings is 1. The summed E-state index contributed by atoms with van der Waals surface area (Å²) in [7, 11) is 0. The van der Waals surface area contributed by atoms with Gasteiger partial charge in [0.05, 0.1) is 0 Å². The Morgan fingerprint density at radius 1 is 1.25 bits per heavy atom. The third-order valence-electron chi connectivity index (χ3n) is 4.02. The zero-order chi connectivity index (χ0) is 16.9. The average molecular weight is 347 g/mol. The van der Waals surface area contributed by atoms with Gasteiger partial charge in [-0.05, 0) is 18.6 Å². The molecule has 1 aromatic carbocycles. The number of halogens is 1. The van der Waals surface area contributed by atoms with Crippen LogP contribution in [0.15, 0.2) is 47.4 Å². The van der Waals surface area contributed by atoms with Crippen molar-refractivity contribution in [3.05, 3.63) is 64.3 Å². The van der Waals surface area contributed by atoms with Crippen LogP contribution in [-0.4, -0.2) is 39.4 Å². The molecule has 2 heterocycles. The molecule has 24 heavy (non-hydrogen) atoms. The van der Waals surface area contributed by atoms with Crippen molar-refractivity contribution in [2.75, 3.05) is 18.8 Å². The van der Waals surface area contributed by atoms with Crippen molar-refractivity contribution in [2.24, 2.45) is 0 Å². The third-order valence-corrected chi connectivity index (χ3v) is 5.33. The molecule has 1 aromatic heterocycles. The monoisotopic (exact) mass is 347 g/mol. The molecule has 0 N–H and O–H groups in total. The third kappa shape index (κ3) is 3.84. The highest BCUT2D eigenvalue weighted by molar-refractivity contribution is 7.99. The topological polar surface area (TPSA) is 55.2 Å². The maximum absolute atomic E-state index is 14.0. The molecule has 126 valence electrons. The molecule has 1 atom stereocenters. The number of hydrogen-bond donors (Lipinski definition) is 0. The molecule has 1 fully saturated rings. The molecule has 5 nitrogen and oxygen atoms in total. The van der Waals surface area contributed by atoms with Gasteiger partial charge in [0.15, 0.2) is 0 Å². The maximum atomic E-state index is 14.0. The van der Waals surface area contributed by atoms with Crippen LogP contribution in [0.3, 0.4) is 0 Å². The van der Waals surface area contributed by atoms with Crippen LogP contribution in [0.25, 0.3) is 0 Å². The van der Waals surface area contributed by atoms with E-state index in [1.165, 1.54) is 18.3 Å². The Kier molecular flexibility index (Phi) is 5.30. The Hall–Kier alpha value is -2.15. The van der Waals surface area contributed by atoms with Crippen molar-refractivity contribution in [2.45, 2.75) is 18.2 Å². The van der Waals surface area contributed by atoms with Crippen molar-refractivity contribution in [3.8, 4) is 0 Å². The quantitative estimate of drug-likeness (QED) is 0.853. The van der Waals surface area contributed by atoms with Gasteiger partial charge in [0.1, 0.15) is 12.4 Å². The Morgan fingerprint density at radius 2 is 2.08 bits per heavy atom. The predicted octanol–water partition coefficient (Wildman–Crippen LogP) is 2.09. The molecule has 0 aliphatic carbocycles. The van der Waals surface area contributed by atoms with Gasteiger partial charge in [0.25, 0.3) is 5.56 Å². The first-order valence-corrected chi connectivity index (χ1v) is 8.86. The number of thioether (sulfide) groups is 1. The lowest BCUT2D eigenvalue weighted by atomic mass is 10.1. The highest BCUT2D eigenvalue weighted by atomic mass is 32.2. The van der Waals surface area contributed by atoms with E-state index in [4.69, 9.17) is 0 Å². The molecule has 0 saturated carbocycles. The summed E-state index contributed by atoms with van der Waals surface area (Å²) in [4.78, 5) is 25.8. The summed E-state index contributed by atoms with van der Waals surface area (Å²) in [6.07, 6.45) is 2.18. The zero-order valence-corrected chi connectivity index (χ0v) is 13.9. The second kappa shape index (κ2) is 7.61. The number of carbonyl (C=O) groups excluding carboxylic acids is 1. The summed E-state index contributed by atoms with van der Waals surface area (Å²) in [6, 6.07) is 9.72. The van der Waals surface area contributed by atoms with Gasteiger partial charge in [-0.3, -0.25) is 9.59 Å². The zero-order valence-electron chi connectivity index (χ0n) is 13.1. The summed E-state index contributed by atoms with van der Waals surface area (Å²) in [5.74, 6) is 0.405. The number of rotatable bonds is 3. The van der Waals surface area contributed by atoms with Crippen molar-refractivity contribution in [3.63, 3.8) is 0 Å². The summed E-state index contributed by atoms with van der Waals surface area (Å²) in [5.41, 5.74) is 0.400. The van der Waals surface area contributed by atoms with E-state index in [9.17, 15) is 14.0 Å². The molecular formula is C17H18FN3O2S. The van der Waals surface area contributed by atoms with Gasteiger partial charge in [0, 0.05) is 41.9 Å². The molecule has 1 amide bonds. The van der Waals surface area contributed by atoms with Gasteiger partial charge in [-0.2, -0.15) is 16.9 Å². The second-order valence-electron chi connectivity index (χ2n) is 5.57. The van der Waals surface area contributed by atoms with E-state index in [1.807, 2.05) is 6.07 Å². The predicted molar refractivity (Wildman–Crippen MR) is 91.3 cm³/mol. The van der Waals surface area contributed by atoms with Crippen LogP contribution in [0.1, 0.15) is 17.2 Å². The summed E-state index contributed by atoms with van der Waals surface area (Å²) >= 11 is 1.66. The molecular weight excluding hydrogens is 329 g/mol. The van der Waals surface area contributed by atoms with Crippen LogP contribution in [0.5, 0.6) is 0 Å². The van der Waals surface area contributed by atoms with Crippen molar-refractivity contribution in [1.29, 1.82) is 0 Å². The molecule has 3 rings (SSSR count). The Bertz CT molecular complexity index is 780. The van der Waals surface area contributed by atoms with Crippen LogP contribution in [0.2, 0.25) is 0 Å². The van der Waals surface area contributed by atoms with E-state index in [2.05, 4.69) is 5.10 Å². The van der Waals surface area contributed by atoms with Gasteiger partial charge in [-0.15, -0.1) is 0 Å². The number of nitrogens with zero attached hydrogens (tertiary/aromatic N) is 3. The van der Waals surface area contributed by atoms with E-state index in [0.29, 0.717) is 25.1 Å². The van der Waals surface area contributed by atoms with Crippen molar-refractivity contribution >= 4 is 17.7 Å². The highest BCUT2D eigenvalue weighted by Crippen LogP contribution is 2.35. The van der Waals surface area contributed by atoms with Crippen LogP contribution in [0.4, 0.5) is 4.39 Å². The molecule has 1 aliphatic heterocycles. The molecule has 7 heteroatoms. The normalized spacial score (nSPS) is 18.2. The lowest BCUT2D eigenvalue weighted by Crippen LogP contribution is -2.38. The van der Waals surface area contributed by atoms with Gasteiger partial charge in [-0.25, -0.2) is 9.07 Å². The molecule has 1 aliphatic rings. The van der Waals surface area contributed by atoms with E-state index in [0.717, 1.165) is 10.4 Å². The van der Waals surface area contributed by atoms with Crippen LogP contribution >= 0.6 is 11.8 Å². The molecule has 1 saturated heterocycles. The van der Waals surface area contributed by atoms with Crippen LogP contribution in [0, 0.1) is 5.82 Å². The minimum Gasteiger partial charge on any atom is -0.340 e. The first-order valence-electron chi connectivity index (χ1n) is 7.81. The number of amides is 1. The lowest BCUT2D eigenvalue weighted by molar-refractivity contribution is -0.131. The van der Waals surface area contributed by atoms with Crippen LogP contribution in [-0.2, 0) is 11.3 Å². The summed E-state index contributed by atoms with van der Waals surface area (Å²) in [5, 5.41) is 3.96. The van der Waals surface area contributed by atoms with E-state index in [1.54, 1.807) is 34.9 Å². The number of carbonyl (C=O) groups is 1. The van der Waals surface area contributed by atoms with E-state index >= 15 is 0 Å². The van der Waals surface area contributed by atoms with Crippen molar-refractivity contribution < 1.29 is 9.18 Å². The first kappa shape index (κ1) is 16.7. The SMILES string of the molecule is O=C(Cn1ncccc1=O)N1CCS[C@H](c2ccccc2F)CC1. The van der Waals surface area contributed by atoms with Crippen molar-refractivity contribution in [1.82, 2.24) is 14.7 Å². The number of hydrogen-bond acceptors (Lipinski definition) is 4. The summed E-state index contributed by atoms with van der Waals surface area (Å²) in [6.45, 7) is 1.08. The lowest BCUT2D eigenvalue weighted by Gasteiger charge is -2.20. The number of aromatic nitrogens is 2. The smallest absolute Gasteiger partial charge is 0.267 e. The van der Waals surface area contributed by atoms with Gasteiger partial charge < -0.3 is 4.90 Å². The first-order chi connectivity index (χ1) is 11.6. The molecule has 0 bridgehead atoms. The Morgan fingerprint density at radius 3 is 2.88 bits per heavy atom. The average Bonchev–Trinajstić information content (AvgIpc) is 2.83. The Labute approximate surface area is 143 Å². The van der Waals surface area contributed by atoms with Gasteiger partial charge in [-0.1, -0.05) is 18.2 Å². The second-order valence-corrected chi connectivity index (χ2v) is 6.88. The molecule has 0 radical (unpaired) electrons. The fraction of sp³-hybridized carbons (Fsp3) is 0.353. The summed E-state index contributed by atoms with van der Waals surface area (Å²) < 4.78 is 15.1. The fourth-order valence-corrected chi connectivity index (χ4v) is 3.99. The minimum atomic E-state index is -0.292. The minimum absolute atomic E-state index is 0.0431. The van der Waals surface area contributed by atoms with Gasteiger partial charge >= 0.3 is 0 Å². The van der Waals surface area contributed by atoms with Gasteiger partial charge in [0.2, 0.25) is 5.91 Å².